The summed E-state index contributed by atoms with van der Waals surface area (Å²) < 4.78 is 40.6. The Hall–Kier alpha value is -4.41. The largest absolute Gasteiger partial charge is 0.497 e. The molecule has 0 aliphatic carbocycles. The number of benzene rings is 4. The third kappa shape index (κ3) is 5.55. The Morgan fingerprint density at radius 1 is 1.00 bits per heavy atom. The summed E-state index contributed by atoms with van der Waals surface area (Å²) in [5.41, 5.74) is 2.36. The van der Waals surface area contributed by atoms with E-state index in [9.17, 15) is 13.2 Å². The molecule has 43 heavy (non-hydrogen) atoms. The van der Waals surface area contributed by atoms with Crippen LogP contribution in [0.2, 0.25) is 0 Å². The number of carbonyl (C=O) groups excluding carboxylic acids is 1. The molecule has 6 rings (SSSR count). The zero-order chi connectivity index (χ0) is 30.0. The summed E-state index contributed by atoms with van der Waals surface area (Å²) in [7, 11) is -0.908. The van der Waals surface area contributed by atoms with Gasteiger partial charge in [0.25, 0.3) is 15.9 Å². The second kappa shape index (κ2) is 12.1. The van der Waals surface area contributed by atoms with Crippen molar-refractivity contribution in [1.82, 2.24) is 9.88 Å². The molecule has 1 aliphatic rings. The molecule has 1 aromatic heterocycles. The molecule has 10 heteroatoms. The number of rotatable bonds is 9. The lowest BCUT2D eigenvalue weighted by Gasteiger charge is -2.27. The van der Waals surface area contributed by atoms with Gasteiger partial charge in [-0.05, 0) is 65.6 Å². The highest BCUT2D eigenvalue weighted by Gasteiger charge is 2.32. The third-order valence-electron chi connectivity index (χ3n) is 7.81. The topological polar surface area (TPSA) is 89.0 Å². The number of amides is 1. The van der Waals surface area contributed by atoms with Crippen LogP contribution in [-0.4, -0.2) is 45.0 Å². The van der Waals surface area contributed by atoms with Crippen molar-refractivity contribution < 1.29 is 22.7 Å². The van der Waals surface area contributed by atoms with E-state index in [1.165, 1.54) is 15.6 Å². The number of hydrogen-bond donors (Lipinski definition) is 0. The van der Waals surface area contributed by atoms with Gasteiger partial charge in [0.05, 0.1) is 31.7 Å². The Morgan fingerprint density at radius 3 is 2.58 bits per heavy atom. The molecule has 1 saturated heterocycles. The van der Waals surface area contributed by atoms with E-state index in [4.69, 9.17) is 9.47 Å². The zero-order valence-corrected chi connectivity index (χ0v) is 25.5. The molecule has 5 aromatic rings. The van der Waals surface area contributed by atoms with Gasteiger partial charge >= 0.3 is 0 Å². The van der Waals surface area contributed by atoms with Crippen molar-refractivity contribution >= 4 is 43.2 Å². The molecule has 0 N–H and O–H groups in total. The summed E-state index contributed by atoms with van der Waals surface area (Å²) >= 11 is 1.25. The lowest BCUT2D eigenvalue weighted by molar-refractivity contribution is 0.0736. The van der Waals surface area contributed by atoms with Crippen LogP contribution in [0.5, 0.6) is 11.5 Å². The molecule has 0 spiro atoms. The minimum atomic E-state index is -4.02. The van der Waals surface area contributed by atoms with Gasteiger partial charge < -0.3 is 14.4 Å². The fourth-order valence-corrected chi connectivity index (χ4v) is 7.98. The first-order chi connectivity index (χ1) is 20.9. The van der Waals surface area contributed by atoms with Crippen LogP contribution in [0.4, 0.5) is 5.13 Å². The molecular weight excluding hydrogens is 583 g/mol. The van der Waals surface area contributed by atoms with Gasteiger partial charge in [-0.3, -0.25) is 4.79 Å². The highest BCUT2D eigenvalue weighted by Crippen LogP contribution is 2.38. The first-order valence-corrected chi connectivity index (χ1v) is 16.2. The SMILES string of the molecule is COc1ccc(CN(c2nccs2)S(=O)(=O)c2ccc3c(C4CCCN4C(=O)c4ccccc4)cccc3c2)c(OC)c1. The van der Waals surface area contributed by atoms with Gasteiger partial charge in [-0.15, -0.1) is 11.3 Å². The summed E-state index contributed by atoms with van der Waals surface area (Å²) in [6, 6.07) is 25.6. The monoisotopic (exact) mass is 613 g/mol. The van der Waals surface area contributed by atoms with Crippen LogP contribution in [0.25, 0.3) is 10.8 Å². The van der Waals surface area contributed by atoms with Crippen molar-refractivity contribution in [2.45, 2.75) is 30.3 Å². The summed E-state index contributed by atoms with van der Waals surface area (Å²) in [5.74, 6) is 1.14. The van der Waals surface area contributed by atoms with Gasteiger partial charge in [0.2, 0.25) is 0 Å². The summed E-state index contributed by atoms with van der Waals surface area (Å²) in [4.78, 5) is 19.8. The molecule has 1 amide bonds. The molecule has 1 fully saturated rings. The molecule has 220 valence electrons. The first-order valence-electron chi connectivity index (χ1n) is 13.9. The Bertz CT molecular complexity index is 1860. The second-order valence-corrected chi connectivity index (χ2v) is 13.0. The van der Waals surface area contributed by atoms with Crippen molar-refractivity contribution in [1.29, 1.82) is 0 Å². The predicted molar refractivity (Wildman–Crippen MR) is 168 cm³/mol. The fraction of sp³-hybridized carbons (Fsp3) is 0.212. The van der Waals surface area contributed by atoms with Crippen molar-refractivity contribution in [3.8, 4) is 11.5 Å². The number of ether oxygens (including phenoxy) is 2. The zero-order valence-electron chi connectivity index (χ0n) is 23.8. The lowest BCUT2D eigenvalue weighted by atomic mass is 9.97. The van der Waals surface area contributed by atoms with Gasteiger partial charge in [-0.2, -0.15) is 0 Å². The molecular formula is C33H31N3O5S2. The van der Waals surface area contributed by atoms with E-state index in [2.05, 4.69) is 4.98 Å². The van der Waals surface area contributed by atoms with Crippen LogP contribution >= 0.6 is 11.3 Å². The van der Waals surface area contributed by atoms with Gasteiger partial charge in [0, 0.05) is 35.3 Å². The highest BCUT2D eigenvalue weighted by atomic mass is 32.2. The number of nitrogens with zero attached hydrogens (tertiary/aromatic N) is 3. The van der Waals surface area contributed by atoms with Gasteiger partial charge in [-0.25, -0.2) is 17.7 Å². The maximum Gasteiger partial charge on any atom is 0.266 e. The van der Waals surface area contributed by atoms with E-state index in [1.54, 1.807) is 56.1 Å². The number of fused-ring (bicyclic) bond motifs is 1. The first kappa shape index (κ1) is 28.7. The molecule has 2 heterocycles. The smallest absolute Gasteiger partial charge is 0.266 e. The number of methoxy groups -OCH3 is 2. The molecule has 1 atom stereocenters. The quantitative estimate of drug-likeness (QED) is 0.184. The van der Waals surface area contributed by atoms with Crippen LogP contribution in [0, 0.1) is 0 Å². The van der Waals surface area contributed by atoms with Crippen LogP contribution in [0.3, 0.4) is 0 Å². The minimum Gasteiger partial charge on any atom is -0.497 e. The predicted octanol–water partition coefficient (Wildman–Crippen LogP) is 6.69. The van der Waals surface area contributed by atoms with E-state index in [0.717, 1.165) is 29.2 Å². The molecule has 4 aromatic carbocycles. The standard InChI is InChI=1S/C33H31N3O5S2/c1-40-26-14-13-25(31(21-26)41-2)22-36(33-34-17-19-42-33)43(38,39)27-15-16-28-24(20-27)10-6-11-29(28)30-12-7-18-35(30)32(37)23-8-4-3-5-9-23/h3-6,8-11,13-17,19-21,30H,7,12,18,22H2,1-2H3. The van der Waals surface area contributed by atoms with Crippen LogP contribution in [0.1, 0.15) is 40.4 Å². The number of hydrogen-bond acceptors (Lipinski definition) is 7. The van der Waals surface area contributed by atoms with E-state index in [1.807, 2.05) is 59.5 Å². The van der Waals surface area contributed by atoms with Gasteiger partial charge in [0.15, 0.2) is 5.13 Å². The Kier molecular flexibility index (Phi) is 8.05. The van der Waals surface area contributed by atoms with Crippen LogP contribution in [-0.2, 0) is 16.6 Å². The van der Waals surface area contributed by atoms with E-state index < -0.39 is 10.0 Å². The Labute approximate surface area is 255 Å². The average Bonchev–Trinajstić information content (AvgIpc) is 3.76. The van der Waals surface area contributed by atoms with Crippen molar-refractivity contribution in [3.63, 3.8) is 0 Å². The van der Waals surface area contributed by atoms with Crippen molar-refractivity contribution in [3.05, 3.63) is 113 Å². The van der Waals surface area contributed by atoms with E-state index >= 15 is 0 Å². The molecule has 8 nitrogen and oxygen atoms in total. The van der Waals surface area contributed by atoms with Gasteiger partial charge in [0.1, 0.15) is 11.5 Å². The van der Waals surface area contributed by atoms with Crippen LogP contribution < -0.4 is 13.8 Å². The number of anilines is 1. The third-order valence-corrected chi connectivity index (χ3v) is 10.4. The molecule has 1 unspecified atom stereocenters. The maximum absolute atomic E-state index is 14.2. The number of thiazole rings is 1. The molecule has 1 aliphatic heterocycles. The van der Waals surface area contributed by atoms with Crippen LogP contribution in [0.15, 0.2) is 101 Å². The van der Waals surface area contributed by atoms with Gasteiger partial charge in [-0.1, -0.05) is 42.5 Å². The average molecular weight is 614 g/mol. The summed E-state index contributed by atoms with van der Waals surface area (Å²) in [6.45, 7) is 0.707. The Balaban J connectivity index is 1.36. The lowest BCUT2D eigenvalue weighted by Crippen LogP contribution is -2.31. The molecule has 0 radical (unpaired) electrons. The van der Waals surface area contributed by atoms with E-state index in [-0.39, 0.29) is 23.4 Å². The molecule has 0 bridgehead atoms. The number of likely N-dealkylation sites (tertiary alicyclic amines) is 1. The highest BCUT2D eigenvalue weighted by molar-refractivity contribution is 7.93. The Morgan fingerprint density at radius 2 is 1.84 bits per heavy atom. The minimum absolute atomic E-state index is 0.00681. The molecule has 0 saturated carbocycles. The summed E-state index contributed by atoms with van der Waals surface area (Å²) in [6.07, 6.45) is 3.34. The van der Waals surface area contributed by atoms with Crippen molar-refractivity contribution in [2.75, 3.05) is 25.1 Å². The van der Waals surface area contributed by atoms with Crippen molar-refractivity contribution in [2.24, 2.45) is 0 Å². The number of carbonyl (C=O) groups is 1. The maximum atomic E-state index is 14.2. The fourth-order valence-electron chi connectivity index (χ4n) is 5.68. The second-order valence-electron chi connectivity index (χ2n) is 10.3. The number of sulfonamides is 1. The van der Waals surface area contributed by atoms with E-state index in [0.29, 0.717) is 34.3 Å². The normalized spacial score (nSPS) is 15.0. The summed E-state index contributed by atoms with van der Waals surface area (Å²) in [5, 5.41) is 3.82. The number of aromatic nitrogens is 1.